The zero-order chi connectivity index (χ0) is 0. The Balaban J connectivity index is 0. The first-order valence-electron chi connectivity index (χ1n) is 0. The van der Waals surface area contributed by atoms with Crippen molar-refractivity contribution in [3.05, 3.63) is 0 Å². The van der Waals surface area contributed by atoms with E-state index in [-0.39, 0.29) is 141 Å². The van der Waals surface area contributed by atoms with Crippen molar-refractivity contribution in [1.82, 2.24) is 0 Å². The molecule has 0 N–H and O–H groups in total. The Hall–Kier alpha value is 3.36. The summed E-state index contributed by atoms with van der Waals surface area (Å²) in [4.78, 5) is 0. The van der Waals surface area contributed by atoms with Crippen LogP contribution in [0.5, 0.6) is 0 Å². The van der Waals surface area contributed by atoms with Crippen molar-refractivity contribution in [1.29, 1.82) is 0 Å². The fraction of sp³-hybridized carbons (Fsp3) is 0. The molecule has 70 valence electrons. The molecule has 5 nitrogen and oxygen atoms in total. The van der Waals surface area contributed by atoms with Crippen LogP contribution in [0.25, 0.3) is 0 Å². The molecule has 0 aromatic carbocycles. The fourth-order valence-electron chi connectivity index (χ4n) is 0. The Bertz CT molecular complexity index is 20.4. The summed E-state index contributed by atoms with van der Waals surface area (Å²) in [5, 5.41) is 0. The zero-order valence-electron chi connectivity index (χ0n) is 4.80. The van der Waals surface area contributed by atoms with Gasteiger partial charge >= 0.3 is 80.2 Å². The predicted molar refractivity (Wildman–Crippen MR) is 14.9 cm³/mol. The molecule has 0 aliphatic carbocycles. The van der Waals surface area contributed by atoms with E-state index in [0.717, 1.165) is 0 Å². The summed E-state index contributed by atoms with van der Waals surface area (Å²) in [5.74, 6) is 0. The minimum Gasteiger partial charge on any atom is -2.00 e. The monoisotopic (exact) mass is 356 g/mol. The van der Waals surface area contributed by atoms with E-state index < -0.39 is 0 Å². The Morgan fingerprint density at radius 2 is 0.364 bits per heavy atom. The largest absolute Gasteiger partial charge is 3.00 e. The van der Waals surface area contributed by atoms with Crippen LogP contribution in [0, 0.1) is 0 Å². The molecule has 0 bridgehead atoms. The molecular weight excluding hydrogens is 358 g/mol. The van der Waals surface area contributed by atoms with Crippen LogP contribution in [0.2, 0.25) is 0 Å². The van der Waals surface area contributed by atoms with Crippen LogP contribution in [0.3, 0.4) is 0 Å². The predicted octanol–water partition coefficient (Wildman–Crippen LogP) is -1.37. The normalized spacial score (nSPS) is 0. The molecule has 0 saturated heterocycles. The van der Waals surface area contributed by atoms with Gasteiger partial charge in [0.05, 0.1) is 0 Å². The summed E-state index contributed by atoms with van der Waals surface area (Å²) in [6, 6.07) is 0. The minimum absolute atomic E-state index is 0. The first kappa shape index (κ1) is 227. The number of rotatable bonds is 0. The molecule has 0 saturated carbocycles. The van der Waals surface area contributed by atoms with E-state index in [4.69, 9.17) is 0 Å². The number of hydrogen-bond acceptors (Lipinski definition) is 0. The van der Waals surface area contributed by atoms with Crippen molar-refractivity contribution in [2.45, 2.75) is 0 Å². The molecule has 0 aromatic rings. The van der Waals surface area contributed by atoms with Crippen molar-refractivity contribution in [3.63, 3.8) is 0 Å². The van der Waals surface area contributed by atoms with Crippen molar-refractivity contribution < 1.29 is 94.5 Å². The van der Waals surface area contributed by atoms with Crippen LogP contribution >= 0.6 is 0 Å². The molecule has 0 aromatic heterocycles. The summed E-state index contributed by atoms with van der Waals surface area (Å²) in [6.45, 7) is 0. The van der Waals surface area contributed by atoms with Crippen molar-refractivity contribution >= 4 is 46.1 Å². The molecule has 0 atom stereocenters. The van der Waals surface area contributed by atoms with Gasteiger partial charge in [-0.3, -0.25) is 0 Å². The van der Waals surface area contributed by atoms with E-state index in [2.05, 4.69) is 0 Å². The third-order valence-corrected chi connectivity index (χ3v) is 0. The van der Waals surface area contributed by atoms with Crippen LogP contribution in [-0.4, -0.2) is 46.1 Å². The van der Waals surface area contributed by atoms with Crippen molar-refractivity contribution in [2.75, 3.05) is 0 Å². The van der Waals surface area contributed by atoms with Crippen LogP contribution < -0.4 is 0 Å². The smallest absolute Gasteiger partial charge is 2.00 e. The molecule has 11 heteroatoms. The Morgan fingerprint density at radius 1 is 0.364 bits per heavy atom. The molecule has 0 aliphatic rings. The quantitative estimate of drug-likeness (QED) is 0.472. The summed E-state index contributed by atoms with van der Waals surface area (Å²) < 4.78 is 0. The maximum absolute atomic E-state index is 0. The molecule has 2 radical (unpaired) electrons. The second-order valence-electron chi connectivity index (χ2n) is 0. The molecule has 11 heavy (non-hydrogen) atoms. The summed E-state index contributed by atoms with van der Waals surface area (Å²) >= 11 is 0. The molecule has 0 unspecified atom stereocenters. The molecule has 0 spiro atoms. The van der Waals surface area contributed by atoms with Crippen LogP contribution in [0.1, 0.15) is 0 Å². The average Bonchev–Trinajstić information content (AvgIpc) is 0. The molecule has 0 amide bonds. The maximum atomic E-state index is 0. The van der Waals surface area contributed by atoms with Gasteiger partial charge in [-0.1, -0.05) is 0 Å². The molecule has 0 heterocycles. The van der Waals surface area contributed by atoms with E-state index in [0.29, 0.717) is 0 Å². The van der Waals surface area contributed by atoms with Crippen LogP contribution in [0.15, 0.2) is 0 Å². The van der Waals surface area contributed by atoms with Gasteiger partial charge in [0.15, 0.2) is 0 Å². The zero-order valence-corrected chi connectivity index (χ0v) is 11.8. The van der Waals surface area contributed by atoms with Gasteiger partial charge in [-0.2, -0.15) is 0 Å². The van der Waals surface area contributed by atoms with Gasteiger partial charge in [-0.05, 0) is 0 Å². The van der Waals surface area contributed by atoms with Gasteiger partial charge < -0.3 is 27.4 Å². The SMILES string of the molecule is [Fe+3].[Fe+3].[Mg+2].[Mg+2].[Ni].[Ni].[O-2].[O-2].[O-2].[O-2].[O-2]. The third-order valence-electron chi connectivity index (χ3n) is 0. The summed E-state index contributed by atoms with van der Waals surface area (Å²) in [6.07, 6.45) is 0. The second-order valence-corrected chi connectivity index (χ2v) is 0. The van der Waals surface area contributed by atoms with Gasteiger partial charge in [0.25, 0.3) is 0 Å². The van der Waals surface area contributed by atoms with E-state index in [9.17, 15) is 0 Å². The van der Waals surface area contributed by atoms with Crippen LogP contribution in [-0.2, 0) is 94.5 Å². The van der Waals surface area contributed by atoms with E-state index >= 15 is 0 Å². The van der Waals surface area contributed by atoms with Gasteiger partial charge in [0.2, 0.25) is 0 Å². The third kappa shape index (κ3) is 153. The van der Waals surface area contributed by atoms with Gasteiger partial charge in [0, 0.05) is 33.0 Å². The maximum Gasteiger partial charge on any atom is 3.00 e. The van der Waals surface area contributed by atoms with Gasteiger partial charge in [-0.25, -0.2) is 0 Å². The first-order valence-corrected chi connectivity index (χ1v) is 0. The standard InChI is InChI=1S/2Fe.2Mg.2Ni.5O/q2*+3;2*+2;;;5*-2. The van der Waals surface area contributed by atoms with Gasteiger partial charge in [-0.15, -0.1) is 0 Å². The Kier molecular flexibility index (Phi) is 3740. The molecular formula is Fe2Mg2Ni2O5. The van der Waals surface area contributed by atoms with E-state index in [1.54, 1.807) is 0 Å². The van der Waals surface area contributed by atoms with Crippen molar-refractivity contribution in [3.8, 4) is 0 Å². The molecule has 0 fully saturated rings. The summed E-state index contributed by atoms with van der Waals surface area (Å²) in [7, 11) is 0. The Labute approximate surface area is 139 Å². The number of hydrogen-bond donors (Lipinski definition) is 0. The Morgan fingerprint density at radius 3 is 0.364 bits per heavy atom. The first-order chi connectivity index (χ1) is 0. The van der Waals surface area contributed by atoms with Crippen LogP contribution in [0.4, 0.5) is 0 Å². The minimum atomic E-state index is 0. The average molecular weight is 358 g/mol. The second kappa shape index (κ2) is 181. The molecule has 0 aliphatic heterocycles. The summed E-state index contributed by atoms with van der Waals surface area (Å²) in [5.41, 5.74) is 0. The molecule has 0 rings (SSSR count). The van der Waals surface area contributed by atoms with E-state index in [1.165, 1.54) is 0 Å². The van der Waals surface area contributed by atoms with Gasteiger partial charge in [0.1, 0.15) is 0 Å². The van der Waals surface area contributed by atoms with E-state index in [1.807, 2.05) is 0 Å². The fourth-order valence-corrected chi connectivity index (χ4v) is 0. The van der Waals surface area contributed by atoms with Crippen molar-refractivity contribution in [2.24, 2.45) is 0 Å². The topological polar surface area (TPSA) is 142 Å².